The number of carbonyl (C=O) groups excluding carboxylic acids is 1. The smallest absolute Gasteiger partial charge is 0.310 e. The number of nitrogens with one attached hydrogen (secondary N) is 1. The zero-order valence-corrected chi connectivity index (χ0v) is 13.7. The second kappa shape index (κ2) is 8.10. The number of para-hydroxylation sites is 3. The molecule has 0 fully saturated rings. The van der Waals surface area contributed by atoms with Crippen LogP contribution < -0.4 is 10.1 Å². The van der Waals surface area contributed by atoms with E-state index in [1.165, 1.54) is 12.1 Å². The van der Waals surface area contributed by atoms with E-state index in [1.807, 2.05) is 24.3 Å². The van der Waals surface area contributed by atoms with Crippen molar-refractivity contribution >= 4 is 17.3 Å². The van der Waals surface area contributed by atoms with E-state index in [2.05, 4.69) is 19.2 Å². The minimum Gasteiger partial charge on any atom is -0.477 e. The Kier molecular flexibility index (Phi) is 5.89. The molecule has 6 heteroatoms. The monoisotopic (exact) mass is 328 g/mol. The summed E-state index contributed by atoms with van der Waals surface area (Å²) in [7, 11) is 0. The quantitative estimate of drug-likeness (QED) is 0.612. The Labute approximate surface area is 140 Å². The molecule has 0 unspecified atom stereocenters. The van der Waals surface area contributed by atoms with Crippen molar-refractivity contribution in [2.75, 3.05) is 11.9 Å². The summed E-state index contributed by atoms with van der Waals surface area (Å²) in [6.45, 7) is 3.88. The molecule has 0 radical (unpaired) electrons. The van der Waals surface area contributed by atoms with Gasteiger partial charge in [-0.3, -0.25) is 14.9 Å². The molecule has 2 rings (SSSR count). The van der Waals surface area contributed by atoms with E-state index in [0.717, 1.165) is 17.7 Å². The van der Waals surface area contributed by atoms with Crippen LogP contribution in [-0.4, -0.2) is 17.4 Å². The molecule has 0 saturated carbocycles. The lowest BCUT2D eigenvalue weighted by Crippen LogP contribution is -2.21. The third kappa shape index (κ3) is 4.32. The number of rotatable bonds is 7. The molecule has 1 atom stereocenters. The molecule has 0 aliphatic carbocycles. The number of nitro groups is 1. The van der Waals surface area contributed by atoms with E-state index in [0.29, 0.717) is 5.92 Å². The van der Waals surface area contributed by atoms with Crippen LogP contribution in [0.15, 0.2) is 48.5 Å². The van der Waals surface area contributed by atoms with Crippen LogP contribution in [0, 0.1) is 10.1 Å². The Morgan fingerprint density at radius 2 is 1.88 bits per heavy atom. The van der Waals surface area contributed by atoms with Crippen molar-refractivity contribution in [3.8, 4) is 5.75 Å². The van der Waals surface area contributed by atoms with Gasteiger partial charge in [-0.05, 0) is 30.0 Å². The van der Waals surface area contributed by atoms with Crippen LogP contribution in [0.1, 0.15) is 31.7 Å². The molecule has 0 saturated heterocycles. The van der Waals surface area contributed by atoms with Crippen LogP contribution in [-0.2, 0) is 4.79 Å². The molecule has 6 nitrogen and oxygen atoms in total. The number of carbonyl (C=O) groups is 1. The predicted octanol–water partition coefficient (Wildman–Crippen LogP) is 4.13. The number of ether oxygens (including phenoxy) is 1. The molecule has 0 aromatic heterocycles. The van der Waals surface area contributed by atoms with Crippen LogP contribution in [0.5, 0.6) is 5.75 Å². The summed E-state index contributed by atoms with van der Waals surface area (Å²) in [5.41, 5.74) is 1.63. The summed E-state index contributed by atoms with van der Waals surface area (Å²) in [6, 6.07) is 13.6. The maximum atomic E-state index is 12.1. The van der Waals surface area contributed by atoms with E-state index in [4.69, 9.17) is 4.74 Å². The number of nitrogens with zero attached hydrogens (tertiary/aromatic N) is 1. The number of amides is 1. The molecule has 2 aromatic rings. The van der Waals surface area contributed by atoms with Gasteiger partial charge in [0.05, 0.1) is 4.92 Å². The molecule has 24 heavy (non-hydrogen) atoms. The van der Waals surface area contributed by atoms with Gasteiger partial charge in [0.1, 0.15) is 0 Å². The van der Waals surface area contributed by atoms with Crippen LogP contribution >= 0.6 is 0 Å². The van der Waals surface area contributed by atoms with Gasteiger partial charge < -0.3 is 10.1 Å². The number of benzene rings is 2. The van der Waals surface area contributed by atoms with Gasteiger partial charge in [-0.2, -0.15) is 0 Å². The first-order valence-electron chi connectivity index (χ1n) is 7.78. The van der Waals surface area contributed by atoms with Crippen molar-refractivity contribution in [3.63, 3.8) is 0 Å². The lowest BCUT2D eigenvalue weighted by atomic mass is 9.97. The molecular weight excluding hydrogens is 308 g/mol. The second-order valence-corrected chi connectivity index (χ2v) is 5.46. The highest BCUT2D eigenvalue weighted by Gasteiger charge is 2.16. The number of nitro benzene ring substituents is 1. The first kappa shape index (κ1) is 17.5. The Balaban J connectivity index is 2.04. The molecule has 0 aliphatic rings. The Morgan fingerprint density at radius 3 is 2.58 bits per heavy atom. The van der Waals surface area contributed by atoms with Gasteiger partial charge in [-0.25, -0.2) is 0 Å². The second-order valence-electron chi connectivity index (χ2n) is 5.46. The number of hydrogen-bond donors (Lipinski definition) is 1. The Hall–Kier alpha value is -2.89. The van der Waals surface area contributed by atoms with E-state index in [9.17, 15) is 14.9 Å². The van der Waals surface area contributed by atoms with E-state index in [-0.39, 0.29) is 24.0 Å². The lowest BCUT2D eigenvalue weighted by molar-refractivity contribution is -0.385. The predicted molar refractivity (Wildman–Crippen MR) is 92.4 cm³/mol. The van der Waals surface area contributed by atoms with Gasteiger partial charge in [0.15, 0.2) is 12.4 Å². The van der Waals surface area contributed by atoms with Gasteiger partial charge in [-0.15, -0.1) is 0 Å². The van der Waals surface area contributed by atoms with Crippen molar-refractivity contribution in [2.24, 2.45) is 0 Å². The van der Waals surface area contributed by atoms with Gasteiger partial charge >= 0.3 is 5.69 Å². The van der Waals surface area contributed by atoms with E-state index >= 15 is 0 Å². The molecule has 0 aliphatic heterocycles. The largest absolute Gasteiger partial charge is 0.477 e. The van der Waals surface area contributed by atoms with Gasteiger partial charge in [0.2, 0.25) is 0 Å². The van der Waals surface area contributed by atoms with Crippen LogP contribution in [0.3, 0.4) is 0 Å². The Morgan fingerprint density at radius 1 is 1.21 bits per heavy atom. The molecule has 0 bridgehead atoms. The third-order valence-electron chi connectivity index (χ3n) is 3.80. The topological polar surface area (TPSA) is 81.5 Å². The summed E-state index contributed by atoms with van der Waals surface area (Å²) < 4.78 is 5.31. The fourth-order valence-electron chi connectivity index (χ4n) is 2.32. The standard InChI is InChI=1S/C18H20N2O4/c1-3-13(2)14-8-4-5-9-15(14)19-18(21)12-24-17-11-7-6-10-16(17)20(22)23/h4-11,13H,3,12H2,1-2H3,(H,19,21)/t13-/m1/s1. The number of anilines is 1. The minimum absolute atomic E-state index is 0.0767. The van der Waals surface area contributed by atoms with Crippen LogP contribution in [0.2, 0.25) is 0 Å². The van der Waals surface area contributed by atoms with Gasteiger partial charge in [0.25, 0.3) is 5.91 Å². The highest BCUT2D eigenvalue weighted by Crippen LogP contribution is 2.27. The molecule has 0 spiro atoms. The summed E-state index contributed by atoms with van der Waals surface area (Å²) in [6.07, 6.45) is 0.958. The molecule has 0 heterocycles. The summed E-state index contributed by atoms with van der Waals surface area (Å²) >= 11 is 0. The molecular formula is C18H20N2O4. The lowest BCUT2D eigenvalue weighted by Gasteiger charge is -2.15. The van der Waals surface area contributed by atoms with Crippen molar-refractivity contribution in [1.29, 1.82) is 0 Å². The van der Waals surface area contributed by atoms with Crippen LogP contribution in [0.4, 0.5) is 11.4 Å². The SMILES string of the molecule is CC[C@@H](C)c1ccccc1NC(=O)COc1ccccc1[N+](=O)[O-]. The summed E-state index contributed by atoms with van der Waals surface area (Å²) in [5, 5.41) is 13.7. The van der Waals surface area contributed by atoms with Crippen molar-refractivity contribution < 1.29 is 14.5 Å². The molecule has 2 aromatic carbocycles. The van der Waals surface area contributed by atoms with Crippen LogP contribution in [0.25, 0.3) is 0 Å². The van der Waals surface area contributed by atoms with Crippen molar-refractivity contribution in [3.05, 3.63) is 64.2 Å². The highest BCUT2D eigenvalue weighted by molar-refractivity contribution is 5.92. The van der Waals surface area contributed by atoms with E-state index in [1.54, 1.807) is 12.1 Å². The minimum atomic E-state index is -0.536. The highest BCUT2D eigenvalue weighted by atomic mass is 16.6. The average molecular weight is 328 g/mol. The fourth-order valence-corrected chi connectivity index (χ4v) is 2.32. The molecule has 1 amide bonds. The normalized spacial score (nSPS) is 11.6. The zero-order chi connectivity index (χ0) is 17.5. The Bertz CT molecular complexity index is 730. The number of hydrogen-bond acceptors (Lipinski definition) is 4. The van der Waals surface area contributed by atoms with E-state index < -0.39 is 4.92 Å². The molecule has 126 valence electrons. The van der Waals surface area contributed by atoms with Gasteiger partial charge in [-0.1, -0.05) is 44.2 Å². The first-order chi connectivity index (χ1) is 11.5. The molecule has 1 N–H and O–H groups in total. The average Bonchev–Trinajstić information content (AvgIpc) is 2.60. The van der Waals surface area contributed by atoms with Crippen molar-refractivity contribution in [2.45, 2.75) is 26.2 Å². The first-order valence-corrected chi connectivity index (χ1v) is 7.78. The summed E-state index contributed by atoms with van der Waals surface area (Å²) in [4.78, 5) is 22.5. The zero-order valence-electron chi connectivity index (χ0n) is 13.7. The summed E-state index contributed by atoms with van der Waals surface area (Å²) in [5.74, 6) is 0.0365. The maximum Gasteiger partial charge on any atom is 0.310 e. The maximum absolute atomic E-state index is 12.1. The van der Waals surface area contributed by atoms with Crippen molar-refractivity contribution in [1.82, 2.24) is 0 Å². The fraction of sp³-hybridized carbons (Fsp3) is 0.278. The third-order valence-corrected chi connectivity index (χ3v) is 3.80. The van der Waals surface area contributed by atoms with Gasteiger partial charge in [0, 0.05) is 11.8 Å².